The second-order valence-corrected chi connectivity index (χ2v) is 10.2. The van der Waals surface area contributed by atoms with Gasteiger partial charge in [-0.2, -0.15) is 18.3 Å². The predicted molar refractivity (Wildman–Crippen MR) is 135 cm³/mol. The Balaban J connectivity index is 1.36. The van der Waals surface area contributed by atoms with Gasteiger partial charge in [-0.05, 0) is 62.9 Å². The van der Waals surface area contributed by atoms with Crippen molar-refractivity contribution in [3.8, 4) is 16.9 Å². The number of nitrogens with zero attached hydrogens (tertiary/aromatic N) is 6. The van der Waals surface area contributed by atoms with Crippen molar-refractivity contribution in [2.45, 2.75) is 50.9 Å². The average Bonchev–Trinajstić information content (AvgIpc) is 3.42. The lowest BCUT2D eigenvalue weighted by atomic mass is 9.81. The second-order valence-electron chi connectivity index (χ2n) is 9.81. The van der Waals surface area contributed by atoms with Gasteiger partial charge in [0.05, 0.1) is 28.7 Å². The molecule has 4 aromatic rings. The molecule has 1 fully saturated rings. The molecule has 2 aromatic carbocycles. The predicted octanol–water partition coefficient (Wildman–Crippen LogP) is 5.94. The third kappa shape index (κ3) is 4.07. The summed E-state index contributed by atoms with van der Waals surface area (Å²) < 4.78 is 42.9. The van der Waals surface area contributed by atoms with Crippen LogP contribution >= 0.6 is 11.6 Å². The highest BCUT2D eigenvalue weighted by Gasteiger charge is 2.44. The maximum Gasteiger partial charge on any atom is 0.416 e. The number of alkyl halides is 3. The molecule has 0 saturated carbocycles. The van der Waals surface area contributed by atoms with E-state index in [9.17, 15) is 18.0 Å². The molecule has 2 atom stereocenters. The molecule has 2 bridgehead atoms. The number of hydrogen-bond donors (Lipinski definition) is 0. The summed E-state index contributed by atoms with van der Waals surface area (Å²) in [5.41, 5.74) is 3.35. The first-order valence-corrected chi connectivity index (χ1v) is 12.8. The highest BCUT2D eigenvalue weighted by Crippen LogP contribution is 2.45. The lowest BCUT2D eigenvalue weighted by Gasteiger charge is -2.44. The van der Waals surface area contributed by atoms with Crippen LogP contribution in [-0.2, 0) is 19.6 Å². The molecular weight excluding hydrogens is 517 g/mol. The molecular formula is C27H24ClF3N6O. The molecule has 2 aliphatic heterocycles. The first-order chi connectivity index (χ1) is 18.1. The van der Waals surface area contributed by atoms with Crippen LogP contribution in [0.4, 0.5) is 13.2 Å². The Hall–Kier alpha value is -3.66. The summed E-state index contributed by atoms with van der Waals surface area (Å²) in [5.74, 6) is -0.0444. The van der Waals surface area contributed by atoms with Gasteiger partial charge in [0.25, 0.3) is 5.91 Å². The first-order valence-electron chi connectivity index (χ1n) is 12.4. The summed E-state index contributed by atoms with van der Waals surface area (Å²) in [6.07, 6.45) is -1.29. The van der Waals surface area contributed by atoms with E-state index in [-0.39, 0.29) is 29.5 Å². The topological polar surface area (TPSA) is 68.8 Å². The van der Waals surface area contributed by atoms with Gasteiger partial charge in [-0.1, -0.05) is 29.8 Å². The van der Waals surface area contributed by atoms with Gasteiger partial charge in [0.1, 0.15) is 5.82 Å². The van der Waals surface area contributed by atoms with Gasteiger partial charge >= 0.3 is 6.18 Å². The van der Waals surface area contributed by atoms with Crippen LogP contribution in [0.25, 0.3) is 16.9 Å². The second kappa shape index (κ2) is 8.97. The quantitative estimate of drug-likeness (QED) is 0.322. The fraction of sp³-hybridized carbons (Fsp3) is 0.333. The number of amides is 1. The van der Waals surface area contributed by atoms with Crippen molar-refractivity contribution in [2.75, 3.05) is 0 Å². The normalized spacial score (nSPS) is 18.9. The van der Waals surface area contributed by atoms with Crippen LogP contribution in [0.15, 0.2) is 48.5 Å². The Kier molecular flexibility index (Phi) is 5.82. The van der Waals surface area contributed by atoms with Crippen molar-refractivity contribution < 1.29 is 18.0 Å². The number of halogens is 4. The molecule has 1 amide bonds. The Morgan fingerprint density at radius 2 is 1.87 bits per heavy atom. The van der Waals surface area contributed by atoms with Crippen molar-refractivity contribution in [3.05, 3.63) is 82.0 Å². The van der Waals surface area contributed by atoms with E-state index < -0.39 is 11.7 Å². The van der Waals surface area contributed by atoms with Crippen molar-refractivity contribution in [3.63, 3.8) is 0 Å². The first kappa shape index (κ1) is 24.7. The number of hydrogen-bond acceptors (Lipinski definition) is 4. The van der Waals surface area contributed by atoms with Crippen LogP contribution in [0.3, 0.4) is 0 Å². The standard InChI is InChI=1S/C27H24ClF3N6O/c1-15-32-25(34-37(15)20-10-4-7-17(13-20)27(29,30)31)26(38)36-19-9-5-11-22(36)23-21(14-19)24(35(2)33-23)16-6-3-8-18(28)12-16/h3-4,6-8,10,12-13,19,22H,5,9,11,14H2,1-2H3/t19-,22+/m1/s1. The van der Waals surface area contributed by atoms with Crippen LogP contribution in [0.2, 0.25) is 5.02 Å². The van der Waals surface area contributed by atoms with Crippen molar-refractivity contribution >= 4 is 17.5 Å². The van der Waals surface area contributed by atoms with Gasteiger partial charge < -0.3 is 4.90 Å². The minimum absolute atomic E-state index is 0.0359. The molecule has 7 nitrogen and oxygen atoms in total. The average molecular weight is 541 g/mol. The summed E-state index contributed by atoms with van der Waals surface area (Å²) in [5, 5.41) is 9.82. The fourth-order valence-corrected chi connectivity index (χ4v) is 5.99. The molecule has 2 aliphatic rings. The van der Waals surface area contributed by atoms with Crippen LogP contribution < -0.4 is 0 Å². The van der Waals surface area contributed by atoms with Crippen molar-refractivity contribution in [1.82, 2.24) is 29.4 Å². The van der Waals surface area contributed by atoms with Crippen LogP contribution in [0.1, 0.15) is 58.6 Å². The van der Waals surface area contributed by atoms with E-state index in [4.69, 9.17) is 16.7 Å². The molecule has 1 saturated heterocycles. The molecule has 38 heavy (non-hydrogen) atoms. The molecule has 0 unspecified atom stereocenters. The monoisotopic (exact) mass is 540 g/mol. The molecule has 6 rings (SSSR count). The number of carbonyl (C=O) groups excluding carboxylic acids is 1. The van der Waals surface area contributed by atoms with Gasteiger partial charge in [-0.15, -0.1) is 5.10 Å². The minimum Gasteiger partial charge on any atom is -0.324 e. The zero-order valence-electron chi connectivity index (χ0n) is 20.7. The molecule has 0 aliphatic carbocycles. The number of rotatable bonds is 3. The summed E-state index contributed by atoms with van der Waals surface area (Å²) in [4.78, 5) is 20.0. The molecule has 0 N–H and O–H groups in total. The smallest absolute Gasteiger partial charge is 0.324 e. The van der Waals surface area contributed by atoms with E-state index in [1.807, 2.05) is 40.9 Å². The molecule has 4 heterocycles. The molecule has 11 heteroatoms. The highest BCUT2D eigenvalue weighted by atomic mass is 35.5. The van der Waals surface area contributed by atoms with E-state index in [0.29, 0.717) is 17.3 Å². The maximum atomic E-state index is 13.8. The van der Waals surface area contributed by atoms with Gasteiger partial charge in [0.15, 0.2) is 0 Å². The van der Waals surface area contributed by atoms with E-state index in [1.165, 1.54) is 16.8 Å². The molecule has 2 aromatic heterocycles. The minimum atomic E-state index is -4.49. The number of aromatic nitrogens is 5. The van der Waals surface area contributed by atoms with Gasteiger partial charge in [0, 0.05) is 29.2 Å². The van der Waals surface area contributed by atoms with E-state index >= 15 is 0 Å². The van der Waals surface area contributed by atoms with Crippen LogP contribution in [0.5, 0.6) is 0 Å². The lowest BCUT2D eigenvalue weighted by molar-refractivity contribution is -0.137. The highest BCUT2D eigenvalue weighted by molar-refractivity contribution is 6.30. The van der Waals surface area contributed by atoms with Crippen LogP contribution in [0, 0.1) is 6.92 Å². The Morgan fingerprint density at radius 3 is 2.63 bits per heavy atom. The Bertz CT molecular complexity index is 1560. The summed E-state index contributed by atoms with van der Waals surface area (Å²) in [6, 6.07) is 12.2. The maximum absolute atomic E-state index is 13.8. The van der Waals surface area contributed by atoms with Gasteiger partial charge in [-0.3, -0.25) is 9.48 Å². The Morgan fingerprint density at radius 1 is 1.08 bits per heavy atom. The van der Waals surface area contributed by atoms with Crippen molar-refractivity contribution in [2.24, 2.45) is 7.05 Å². The molecule has 196 valence electrons. The van der Waals surface area contributed by atoms with Crippen LogP contribution in [-0.4, -0.2) is 41.4 Å². The lowest BCUT2D eigenvalue weighted by Crippen LogP contribution is -2.50. The Labute approximate surface area is 221 Å². The van der Waals surface area contributed by atoms with Crippen molar-refractivity contribution in [1.29, 1.82) is 0 Å². The summed E-state index contributed by atoms with van der Waals surface area (Å²) >= 11 is 6.26. The fourth-order valence-electron chi connectivity index (χ4n) is 5.80. The number of carbonyl (C=O) groups is 1. The number of aryl methyl sites for hydroxylation is 2. The number of benzene rings is 2. The zero-order chi connectivity index (χ0) is 26.8. The van der Waals surface area contributed by atoms with E-state index in [0.717, 1.165) is 53.9 Å². The van der Waals surface area contributed by atoms with Gasteiger partial charge in [0.2, 0.25) is 5.82 Å². The van der Waals surface area contributed by atoms with E-state index in [2.05, 4.69) is 10.1 Å². The molecule has 0 radical (unpaired) electrons. The zero-order valence-corrected chi connectivity index (χ0v) is 21.5. The largest absolute Gasteiger partial charge is 0.416 e. The summed E-state index contributed by atoms with van der Waals surface area (Å²) in [7, 11) is 1.90. The molecule has 0 spiro atoms. The SMILES string of the molecule is Cc1nc(C(=O)N2[C@@H]3CCC[C@H]2c2nn(C)c(-c4cccc(Cl)c4)c2C3)nn1-c1cccc(C(F)(F)F)c1. The third-order valence-electron chi connectivity index (χ3n) is 7.39. The van der Waals surface area contributed by atoms with Gasteiger partial charge in [-0.25, -0.2) is 9.67 Å². The third-order valence-corrected chi connectivity index (χ3v) is 7.62. The summed E-state index contributed by atoms with van der Waals surface area (Å²) in [6.45, 7) is 1.62. The number of piperidine rings is 1. The number of fused-ring (bicyclic) bond motifs is 4. The van der Waals surface area contributed by atoms with E-state index in [1.54, 1.807) is 6.92 Å².